The van der Waals surface area contributed by atoms with Crippen LogP contribution in [0.15, 0.2) is 53.6 Å². The van der Waals surface area contributed by atoms with Crippen molar-refractivity contribution >= 4 is 23.5 Å². The Balaban J connectivity index is 1.32. The molecule has 0 saturated carbocycles. The van der Waals surface area contributed by atoms with Crippen molar-refractivity contribution < 1.29 is 28.6 Å². The standard InChI is InChI=1S/C27H31N3O6/c1-2-34-24-17-21(11-12-23(24)35-18-25(31)29-14-7-4-8-15-29)27(33)36-19-26(32)30-16-13-22(28-30)20-9-5-3-6-10-20/h3,5-6,9-12,17H,2,4,7-8,13-16,18-19H2,1H3. The summed E-state index contributed by atoms with van der Waals surface area (Å²) in [7, 11) is 0. The second-order valence-electron chi connectivity index (χ2n) is 8.58. The zero-order valence-corrected chi connectivity index (χ0v) is 20.5. The molecule has 4 rings (SSSR count). The van der Waals surface area contributed by atoms with E-state index in [1.165, 1.54) is 17.1 Å². The van der Waals surface area contributed by atoms with E-state index in [4.69, 9.17) is 14.2 Å². The highest BCUT2D eigenvalue weighted by Gasteiger charge is 2.23. The van der Waals surface area contributed by atoms with Gasteiger partial charge in [-0.3, -0.25) is 9.59 Å². The summed E-state index contributed by atoms with van der Waals surface area (Å²) >= 11 is 0. The van der Waals surface area contributed by atoms with E-state index in [0.29, 0.717) is 31.1 Å². The second-order valence-corrected chi connectivity index (χ2v) is 8.58. The molecule has 9 heteroatoms. The first-order chi connectivity index (χ1) is 17.5. The van der Waals surface area contributed by atoms with Gasteiger partial charge in [-0.1, -0.05) is 30.3 Å². The van der Waals surface area contributed by atoms with Crippen LogP contribution < -0.4 is 9.47 Å². The van der Waals surface area contributed by atoms with Crippen molar-refractivity contribution in [2.75, 3.05) is 39.5 Å². The molecule has 2 aromatic rings. The second kappa shape index (κ2) is 12.2. The lowest BCUT2D eigenvalue weighted by Crippen LogP contribution is -2.38. The molecule has 1 saturated heterocycles. The molecule has 2 heterocycles. The lowest BCUT2D eigenvalue weighted by atomic mass is 10.1. The summed E-state index contributed by atoms with van der Waals surface area (Å²) < 4.78 is 16.6. The number of amides is 2. The third kappa shape index (κ3) is 6.41. The Labute approximate surface area is 210 Å². The number of esters is 1. The summed E-state index contributed by atoms with van der Waals surface area (Å²) in [5.41, 5.74) is 2.01. The van der Waals surface area contributed by atoms with Crippen LogP contribution in [0.25, 0.3) is 0 Å². The van der Waals surface area contributed by atoms with Gasteiger partial charge in [-0.05, 0) is 49.9 Å². The maximum absolute atomic E-state index is 12.6. The molecule has 1 fully saturated rings. The fraction of sp³-hybridized carbons (Fsp3) is 0.407. The maximum Gasteiger partial charge on any atom is 0.338 e. The molecule has 2 amide bonds. The number of likely N-dealkylation sites (tertiary alicyclic amines) is 1. The van der Waals surface area contributed by atoms with E-state index in [2.05, 4.69) is 5.10 Å². The highest BCUT2D eigenvalue weighted by atomic mass is 16.5. The molecule has 0 bridgehead atoms. The summed E-state index contributed by atoms with van der Waals surface area (Å²) in [5.74, 6) is -0.419. The highest BCUT2D eigenvalue weighted by molar-refractivity contribution is 6.02. The van der Waals surface area contributed by atoms with Crippen LogP contribution in [-0.4, -0.2) is 72.9 Å². The van der Waals surface area contributed by atoms with Crippen LogP contribution in [0.5, 0.6) is 11.5 Å². The third-order valence-corrected chi connectivity index (χ3v) is 6.06. The Morgan fingerprint density at radius 2 is 1.64 bits per heavy atom. The maximum atomic E-state index is 12.6. The molecule has 2 aliphatic rings. The van der Waals surface area contributed by atoms with Crippen LogP contribution in [-0.2, 0) is 14.3 Å². The van der Waals surface area contributed by atoms with Crippen LogP contribution in [0.4, 0.5) is 0 Å². The van der Waals surface area contributed by atoms with Crippen LogP contribution in [0.2, 0.25) is 0 Å². The van der Waals surface area contributed by atoms with Crippen LogP contribution in [0.3, 0.4) is 0 Å². The van der Waals surface area contributed by atoms with E-state index in [1.54, 1.807) is 11.0 Å². The van der Waals surface area contributed by atoms with Crippen molar-refractivity contribution in [2.24, 2.45) is 5.10 Å². The Hall–Kier alpha value is -3.88. The molecule has 0 atom stereocenters. The molecule has 0 radical (unpaired) electrons. The van der Waals surface area contributed by atoms with Gasteiger partial charge in [-0.2, -0.15) is 5.10 Å². The van der Waals surface area contributed by atoms with Gasteiger partial charge in [0.05, 0.1) is 24.4 Å². The quantitative estimate of drug-likeness (QED) is 0.498. The van der Waals surface area contributed by atoms with Crippen LogP contribution >= 0.6 is 0 Å². The molecule has 2 aliphatic heterocycles. The molecule has 0 aliphatic carbocycles. The molecule has 0 aromatic heterocycles. The first kappa shape index (κ1) is 25.2. The van der Waals surface area contributed by atoms with Crippen molar-refractivity contribution in [3.8, 4) is 11.5 Å². The van der Waals surface area contributed by atoms with Crippen molar-refractivity contribution in [1.82, 2.24) is 9.91 Å². The Bertz CT molecular complexity index is 1110. The Kier molecular flexibility index (Phi) is 8.54. The number of hydrogen-bond donors (Lipinski definition) is 0. The molecule has 0 unspecified atom stereocenters. The summed E-state index contributed by atoms with van der Waals surface area (Å²) in [4.78, 5) is 39.3. The minimum Gasteiger partial charge on any atom is -0.490 e. The molecule has 9 nitrogen and oxygen atoms in total. The molecule has 190 valence electrons. The average molecular weight is 494 g/mol. The van der Waals surface area contributed by atoms with E-state index >= 15 is 0 Å². The van der Waals surface area contributed by atoms with Gasteiger partial charge in [-0.25, -0.2) is 9.80 Å². The number of carbonyl (C=O) groups is 3. The summed E-state index contributed by atoms with van der Waals surface area (Å²) in [6.07, 6.45) is 3.80. The molecular formula is C27H31N3O6. The zero-order chi connectivity index (χ0) is 25.3. The molecule has 2 aromatic carbocycles. The first-order valence-corrected chi connectivity index (χ1v) is 12.3. The molecule has 36 heavy (non-hydrogen) atoms. The SMILES string of the molecule is CCOc1cc(C(=O)OCC(=O)N2CCC(c3ccccc3)=N2)ccc1OCC(=O)N1CCCCC1. The predicted octanol–water partition coefficient (Wildman–Crippen LogP) is 3.27. The highest BCUT2D eigenvalue weighted by Crippen LogP contribution is 2.29. The van der Waals surface area contributed by atoms with Crippen molar-refractivity contribution in [3.63, 3.8) is 0 Å². The van der Waals surface area contributed by atoms with Crippen molar-refractivity contribution in [3.05, 3.63) is 59.7 Å². The number of benzene rings is 2. The van der Waals surface area contributed by atoms with Gasteiger partial charge in [-0.15, -0.1) is 0 Å². The molecule has 0 spiro atoms. The number of piperidine rings is 1. The number of carbonyl (C=O) groups excluding carboxylic acids is 3. The van der Waals surface area contributed by atoms with Gasteiger partial charge in [0.2, 0.25) is 0 Å². The van der Waals surface area contributed by atoms with Gasteiger partial charge < -0.3 is 19.1 Å². The van der Waals surface area contributed by atoms with Gasteiger partial charge in [0.1, 0.15) is 0 Å². The first-order valence-electron chi connectivity index (χ1n) is 12.3. The summed E-state index contributed by atoms with van der Waals surface area (Å²) in [6.45, 7) is 3.59. The largest absolute Gasteiger partial charge is 0.490 e. The van der Waals surface area contributed by atoms with E-state index in [-0.39, 0.29) is 18.1 Å². The predicted molar refractivity (Wildman–Crippen MR) is 133 cm³/mol. The number of hydrogen-bond acceptors (Lipinski definition) is 7. The molecule has 0 N–H and O–H groups in total. The smallest absolute Gasteiger partial charge is 0.338 e. The fourth-order valence-electron chi connectivity index (χ4n) is 4.15. The Morgan fingerprint density at radius 1 is 0.861 bits per heavy atom. The van der Waals surface area contributed by atoms with E-state index in [1.807, 2.05) is 37.3 Å². The fourth-order valence-corrected chi connectivity index (χ4v) is 4.15. The van der Waals surface area contributed by atoms with Crippen molar-refractivity contribution in [2.45, 2.75) is 32.6 Å². The molecular weight excluding hydrogens is 462 g/mol. The van der Waals surface area contributed by atoms with Gasteiger partial charge in [0, 0.05) is 19.5 Å². The zero-order valence-electron chi connectivity index (χ0n) is 20.5. The topological polar surface area (TPSA) is 97.7 Å². The van der Waals surface area contributed by atoms with Gasteiger partial charge in [0.15, 0.2) is 24.7 Å². The lowest BCUT2D eigenvalue weighted by Gasteiger charge is -2.26. The monoisotopic (exact) mass is 493 g/mol. The van der Waals surface area contributed by atoms with E-state index < -0.39 is 18.5 Å². The van der Waals surface area contributed by atoms with Crippen LogP contribution in [0, 0.1) is 0 Å². The average Bonchev–Trinajstić information content (AvgIpc) is 3.42. The number of rotatable bonds is 9. The number of ether oxygens (including phenoxy) is 3. The lowest BCUT2D eigenvalue weighted by molar-refractivity contribution is -0.134. The van der Waals surface area contributed by atoms with Gasteiger partial charge in [0.25, 0.3) is 11.8 Å². The number of hydrazone groups is 1. The number of nitrogens with zero attached hydrogens (tertiary/aromatic N) is 3. The van der Waals surface area contributed by atoms with E-state index in [0.717, 1.165) is 43.6 Å². The van der Waals surface area contributed by atoms with Crippen molar-refractivity contribution in [1.29, 1.82) is 0 Å². The van der Waals surface area contributed by atoms with E-state index in [9.17, 15) is 14.4 Å². The minimum atomic E-state index is -0.660. The summed E-state index contributed by atoms with van der Waals surface area (Å²) in [6, 6.07) is 14.2. The normalized spacial score (nSPS) is 15.3. The Morgan fingerprint density at radius 3 is 2.39 bits per heavy atom. The van der Waals surface area contributed by atoms with Crippen LogP contribution in [0.1, 0.15) is 48.5 Å². The minimum absolute atomic E-state index is 0.0702. The summed E-state index contributed by atoms with van der Waals surface area (Å²) in [5, 5.41) is 5.70. The third-order valence-electron chi connectivity index (χ3n) is 6.06. The van der Waals surface area contributed by atoms with Gasteiger partial charge >= 0.3 is 5.97 Å².